The Balaban J connectivity index is 1.61. The number of halogens is 1. The molecule has 1 N–H and O–H groups in total. The molecule has 0 aromatic heterocycles. The summed E-state index contributed by atoms with van der Waals surface area (Å²) in [5.41, 5.74) is 2.67. The van der Waals surface area contributed by atoms with E-state index in [1.807, 2.05) is 38.1 Å². The predicted molar refractivity (Wildman–Crippen MR) is 132 cm³/mol. The molecule has 5 nitrogen and oxygen atoms in total. The first-order chi connectivity index (χ1) is 14.8. The number of aryl methyl sites for hydroxylation is 1. The number of thiocarbonyl (C=S) groups is 1. The van der Waals surface area contributed by atoms with E-state index < -0.39 is 0 Å². The van der Waals surface area contributed by atoms with Crippen LogP contribution in [-0.4, -0.2) is 33.7 Å². The van der Waals surface area contributed by atoms with Gasteiger partial charge in [-0.25, -0.2) is 0 Å². The molecule has 2 aromatic rings. The number of hydrogen-bond acceptors (Lipinski definition) is 5. The van der Waals surface area contributed by atoms with Crippen molar-refractivity contribution < 1.29 is 14.3 Å². The number of carbonyl (C=O) groups excluding carboxylic acids is 2. The highest BCUT2D eigenvalue weighted by molar-refractivity contribution is 8.26. The van der Waals surface area contributed by atoms with E-state index in [2.05, 4.69) is 12.2 Å². The van der Waals surface area contributed by atoms with Crippen LogP contribution in [0.1, 0.15) is 31.9 Å². The minimum atomic E-state index is -0.276. The highest BCUT2D eigenvalue weighted by Crippen LogP contribution is 2.35. The summed E-state index contributed by atoms with van der Waals surface area (Å²) in [4.78, 5) is 26.8. The molecule has 162 valence electrons. The Labute approximate surface area is 196 Å². The molecule has 2 aromatic carbocycles. The molecule has 1 heterocycles. The first-order valence-electron chi connectivity index (χ1n) is 9.86. The summed E-state index contributed by atoms with van der Waals surface area (Å²) < 4.78 is 6.11. The zero-order valence-corrected chi connectivity index (χ0v) is 19.9. The van der Waals surface area contributed by atoms with E-state index in [0.717, 1.165) is 12.0 Å². The Bertz CT molecular complexity index is 1040. The monoisotopic (exact) mass is 474 g/mol. The topological polar surface area (TPSA) is 58.6 Å². The third-order valence-electron chi connectivity index (χ3n) is 4.60. The average Bonchev–Trinajstić information content (AvgIpc) is 3.01. The maximum atomic E-state index is 12.5. The SMILES string of the molecule is CCc1ccc(NC(=O)COc2ccc(/C=C3\SC(=S)N(C(C)C)C3=O)cc2Cl)cc1. The lowest BCUT2D eigenvalue weighted by molar-refractivity contribution is -0.123. The summed E-state index contributed by atoms with van der Waals surface area (Å²) in [7, 11) is 0. The van der Waals surface area contributed by atoms with Crippen molar-refractivity contribution in [3.63, 3.8) is 0 Å². The molecule has 0 unspecified atom stereocenters. The predicted octanol–water partition coefficient (Wildman–Crippen LogP) is 5.53. The van der Waals surface area contributed by atoms with E-state index >= 15 is 0 Å². The summed E-state index contributed by atoms with van der Waals surface area (Å²) in [5, 5.41) is 3.15. The van der Waals surface area contributed by atoms with Gasteiger partial charge in [-0.05, 0) is 61.7 Å². The highest BCUT2D eigenvalue weighted by Gasteiger charge is 2.33. The molecule has 0 spiro atoms. The molecular formula is C23H23ClN2O3S2. The zero-order valence-electron chi connectivity index (χ0n) is 17.5. The number of carbonyl (C=O) groups is 2. The fourth-order valence-electron chi connectivity index (χ4n) is 2.96. The summed E-state index contributed by atoms with van der Waals surface area (Å²) in [5.74, 6) is 0.0110. The lowest BCUT2D eigenvalue weighted by Gasteiger charge is -2.18. The van der Waals surface area contributed by atoms with Gasteiger partial charge < -0.3 is 10.1 Å². The molecule has 1 saturated heterocycles. The van der Waals surface area contributed by atoms with Crippen LogP contribution in [0, 0.1) is 0 Å². The summed E-state index contributed by atoms with van der Waals surface area (Å²) in [6.45, 7) is 5.76. The molecule has 0 radical (unpaired) electrons. The van der Waals surface area contributed by atoms with Crippen LogP contribution in [0.15, 0.2) is 47.4 Å². The Morgan fingerprint density at radius 3 is 2.55 bits per heavy atom. The fourth-order valence-corrected chi connectivity index (χ4v) is 4.73. The zero-order chi connectivity index (χ0) is 22.5. The Morgan fingerprint density at radius 2 is 1.97 bits per heavy atom. The first kappa shape index (κ1) is 23.3. The van der Waals surface area contributed by atoms with E-state index in [0.29, 0.717) is 25.7 Å². The molecule has 0 aliphatic carbocycles. The van der Waals surface area contributed by atoms with Crippen molar-refractivity contribution in [2.45, 2.75) is 33.2 Å². The van der Waals surface area contributed by atoms with E-state index in [4.69, 9.17) is 28.6 Å². The number of nitrogens with one attached hydrogen (secondary N) is 1. The van der Waals surface area contributed by atoms with Crippen LogP contribution in [0.25, 0.3) is 6.08 Å². The van der Waals surface area contributed by atoms with Gasteiger partial charge in [0.2, 0.25) is 0 Å². The first-order valence-corrected chi connectivity index (χ1v) is 11.5. The van der Waals surface area contributed by atoms with E-state index in [9.17, 15) is 9.59 Å². The van der Waals surface area contributed by atoms with Crippen LogP contribution in [-0.2, 0) is 16.0 Å². The van der Waals surface area contributed by atoms with Crippen LogP contribution >= 0.6 is 35.6 Å². The average molecular weight is 475 g/mol. The summed E-state index contributed by atoms with van der Waals surface area (Å²) in [6.07, 6.45) is 2.70. The Kier molecular flexibility index (Phi) is 7.75. The summed E-state index contributed by atoms with van der Waals surface area (Å²) in [6, 6.07) is 12.8. The Hall–Kier alpha value is -2.35. The van der Waals surface area contributed by atoms with Gasteiger partial charge in [-0.15, -0.1) is 0 Å². The molecule has 2 amide bonds. The lowest BCUT2D eigenvalue weighted by atomic mass is 10.1. The second-order valence-electron chi connectivity index (χ2n) is 7.22. The molecule has 1 fully saturated rings. The van der Waals surface area contributed by atoms with E-state index in [-0.39, 0.29) is 24.5 Å². The largest absolute Gasteiger partial charge is 0.482 e. The third-order valence-corrected chi connectivity index (χ3v) is 6.22. The number of anilines is 1. The van der Waals surface area contributed by atoms with E-state index in [1.165, 1.54) is 17.3 Å². The number of rotatable bonds is 7. The van der Waals surface area contributed by atoms with Crippen molar-refractivity contribution in [3.8, 4) is 5.75 Å². The minimum Gasteiger partial charge on any atom is -0.482 e. The van der Waals surface area contributed by atoms with Crippen molar-refractivity contribution in [1.29, 1.82) is 0 Å². The van der Waals surface area contributed by atoms with Gasteiger partial charge in [-0.3, -0.25) is 14.5 Å². The fraction of sp³-hybridized carbons (Fsp3) is 0.261. The molecule has 0 bridgehead atoms. The highest BCUT2D eigenvalue weighted by atomic mass is 35.5. The molecule has 8 heteroatoms. The second-order valence-corrected chi connectivity index (χ2v) is 9.31. The molecule has 31 heavy (non-hydrogen) atoms. The van der Waals surface area contributed by atoms with Gasteiger partial charge in [0.1, 0.15) is 10.1 Å². The summed E-state index contributed by atoms with van der Waals surface area (Å²) >= 11 is 12.9. The van der Waals surface area contributed by atoms with Crippen LogP contribution < -0.4 is 10.1 Å². The lowest BCUT2D eigenvalue weighted by Crippen LogP contribution is -2.34. The van der Waals surface area contributed by atoms with Gasteiger partial charge in [0.15, 0.2) is 6.61 Å². The number of amides is 2. The molecule has 0 saturated carbocycles. The number of ether oxygens (including phenoxy) is 1. The maximum absolute atomic E-state index is 12.5. The van der Waals surface area contributed by atoms with Crippen molar-refractivity contribution in [3.05, 3.63) is 63.5 Å². The van der Waals surface area contributed by atoms with Gasteiger partial charge >= 0.3 is 0 Å². The normalized spacial score (nSPS) is 15.1. The van der Waals surface area contributed by atoms with Gasteiger partial charge in [-0.2, -0.15) is 0 Å². The molecule has 1 aliphatic rings. The van der Waals surface area contributed by atoms with E-state index in [1.54, 1.807) is 29.2 Å². The smallest absolute Gasteiger partial charge is 0.266 e. The molecule has 1 aliphatic heterocycles. The Morgan fingerprint density at radius 1 is 1.26 bits per heavy atom. The van der Waals surface area contributed by atoms with Crippen LogP contribution in [0.3, 0.4) is 0 Å². The van der Waals surface area contributed by atoms with Gasteiger partial charge in [-0.1, -0.05) is 60.7 Å². The van der Waals surface area contributed by atoms with Crippen LogP contribution in [0.2, 0.25) is 5.02 Å². The minimum absolute atomic E-state index is 0.00786. The van der Waals surface area contributed by atoms with Gasteiger partial charge in [0.25, 0.3) is 11.8 Å². The van der Waals surface area contributed by atoms with Crippen molar-refractivity contribution in [2.75, 3.05) is 11.9 Å². The number of benzene rings is 2. The molecular weight excluding hydrogens is 452 g/mol. The van der Waals surface area contributed by atoms with Crippen LogP contribution in [0.5, 0.6) is 5.75 Å². The quantitative estimate of drug-likeness (QED) is 0.422. The van der Waals surface area contributed by atoms with Crippen molar-refractivity contribution in [2.24, 2.45) is 0 Å². The van der Waals surface area contributed by atoms with Gasteiger partial charge in [0, 0.05) is 11.7 Å². The van der Waals surface area contributed by atoms with Crippen LogP contribution in [0.4, 0.5) is 5.69 Å². The molecule has 3 rings (SSSR count). The van der Waals surface area contributed by atoms with Gasteiger partial charge in [0.05, 0.1) is 9.93 Å². The number of nitrogens with zero attached hydrogens (tertiary/aromatic N) is 1. The third kappa shape index (κ3) is 5.87. The standard InChI is InChI=1S/C23H23ClN2O3S2/c1-4-15-5-8-17(9-6-15)25-21(27)13-29-19-10-7-16(11-18(19)24)12-20-22(28)26(14(2)3)23(30)31-20/h5-12,14H,4,13H2,1-3H3,(H,25,27)/b20-12-. The maximum Gasteiger partial charge on any atom is 0.266 e. The second kappa shape index (κ2) is 10.3. The van der Waals surface area contributed by atoms with Crippen molar-refractivity contribution >= 4 is 63.5 Å². The molecule has 0 atom stereocenters. The number of hydrogen-bond donors (Lipinski definition) is 1. The van der Waals surface area contributed by atoms with Crippen molar-refractivity contribution in [1.82, 2.24) is 4.90 Å². The number of thioether (sulfide) groups is 1.